The van der Waals surface area contributed by atoms with Gasteiger partial charge in [0.05, 0.1) is 0 Å². The lowest BCUT2D eigenvalue weighted by molar-refractivity contribution is -0.0992. The van der Waals surface area contributed by atoms with Crippen molar-refractivity contribution < 1.29 is 4.74 Å². The van der Waals surface area contributed by atoms with Crippen LogP contribution in [0.25, 0.3) is 0 Å². The fourth-order valence-electron chi connectivity index (χ4n) is 5.04. The van der Waals surface area contributed by atoms with Gasteiger partial charge < -0.3 is 9.64 Å². The van der Waals surface area contributed by atoms with Crippen LogP contribution in [0.15, 0.2) is 17.5 Å². The van der Waals surface area contributed by atoms with Gasteiger partial charge in [0.15, 0.2) is 0 Å². The molecule has 0 aromatic carbocycles. The van der Waals surface area contributed by atoms with Crippen molar-refractivity contribution >= 4 is 11.3 Å². The van der Waals surface area contributed by atoms with E-state index in [-0.39, 0.29) is 5.60 Å². The Morgan fingerprint density at radius 3 is 2.59 bits per heavy atom. The summed E-state index contributed by atoms with van der Waals surface area (Å²) in [6.07, 6.45) is 4.98. The van der Waals surface area contributed by atoms with Gasteiger partial charge in [-0.15, -0.1) is 11.3 Å². The second-order valence-electron chi connectivity index (χ2n) is 8.42. The lowest BCUT2D eigenvalue weighted by atomic mass is 9.71. The molecule has 2 fully saturated rings. The monoisotopic (exact) mass is 321 g/mol. The molecule has 1 heterocycles. The van der Waals surface area contributed by atoms with Crippen LogP contribution in [0.2, 0.25) is 0 Å². The first-order valence-corrected chi connectivity index (χ1v) is 9.52. The third-order valence-corrected chi connectivity index (χ3v) is 7.70. The molecule has 2 aliphatic rings. The molecule has 2 bridgehead atoms. The Bertz CT molecular complexity index is 507. The molecule has 3 atom stereocenters. The third kappa shape index (κ3) is 2.37. The van der Waals surface area contributed by atoms with Crippen molar-refractivity contribution in [3.05, 3.63) is 22.4 Å². The van der Waals surface area contributed by atoms with Gasteiger partial charge in [-0.3, -0.25) is 0 Å². The Kier molecular flexibility index (Phi) is 4.20. The molecule has 3 heteroatoms. The molecular weight excluding hydrogens is 290 g/mol. The van der Waals surface area contributed by atoms with Gasteiger partial charge in [0.1, 0.15) is 5.60 Å². The van der Waals surface area contributed by atoms with E-state index in [1.54, 1.807) is 0 Å². The van der Waals surface area contributed by atoms with Crippen molar-refractivity contribution in [1.82, 2.24) is 4.90 Å². The molecule has 124 valence electrons. The summed E-state index contributed by atoms with van der Waals surface area (Å²) in [4.78, 5) is 3.70. The molecule has 2 aliphatic carbocycles. The third-order valence-electron chi connectivity index (χ3n) is 6.67. The Labute approximate surface area is 139 Å². The van der Waals surface area contributed by atoms with Crippen molar-refractivity contribution in [3.8, 4) is 0 Å². The van der Waals surface area contributed by atoms with E-state index in [9.17, 15) is 0 Å². The summed E-state index contributed by atoms with van der Waals surface area (Å²) >= 11 is 1.89. The average molecular weight is 322 g/mol. The first kappa shape index (κ1) is 16.5. The number of ether oxygens (including phenoxy) is 1. The predicted molar refractivity (Wildman–Crippen MR) is 94.3 cm³/mol. The second-order valence-corrected chi connectivity index (χ2v) is 9.37. The molecular formula is C19H31NOS. The minimum absolute atomic E-state index is 0.0308. The molecule has 3 rings (SSSR count). The highest BCUT2D eigenvalue weighted by molar-refractivity contribution is 7.10. The smallest absolute Gasteiger partial charge is 0.106 e. The van der Waals surface area contributed by atoms with Crippen LogP contribution < -0.4 is 0 Å². The fourth-order valence-corrected chi connectivity index (χ4v) is 5.97. The molecule has 0 aliphatic heterocycles. The zero-order chi connectivity index (χ0) is 16.0. The van der Waals surface area contributed by atoms with Crippen LogP contribution in [0.5, 0.6) is 0 Å². The van der Waals surface area contributed by atoms with Gasteiger partial charge in [0, 0.05) is 11.5 Å². The van der Waals surface area contributed by atoms with Crippen molar-refractivity contribution in [2.45, 2.75) is 52.1 Å². The fraction of sp³-hybridized carbons (Fsp3) is 0.789. The Morgan fingerprint density at radius 1 is 1.32 bits per heavy atom. The number of thiophene rings is 1. The molecule has 3 unspecified atom stereocenters. The van der Waals surface area contributed by atoms with Crippen molar-refractivity contribution in [3.63, 3.8) is 0 Å². The van der Waals surface area contributed by atoms with Gasteiger partial charge in [0.25, 0.3) is 0 Å². The van der Waals surface area contributed by atoms with Crippen molar-refractivity contribution in [1.29, 1.82) is 0 Å². The van der Waals surface area contributed by atoms with Crippen molar-refractivity contribution in [2.75, 3.05) is 27.2 Å². The first-order chi connectivity index (χ1) is 10.3. The average Bonchev–Trinajstić information content (AvgIpc) is 3.07. The lowest BCUT2D eigenvalue weighted by Crippen LogP contribution is -2.38. The maximum Gasteiger partial charge on any atom is 0.106 e. The van der Waals surface area contributed by atoms with E-state index in [1.165, 1.54) is 24.1 Å². The summed E-state index contributed by atoms with van der Waals surface area (Å²) in [6, 6.07) is 4.49. The molecule has 0 saturated heterocycles. The minimum Gasteiger partial charge on any atom is -0.369 e. The van der Waals surface area contributed by atoms with E-state index in [1.807, 2.05) is 11.3 Å². The summed E-state index contributed by atoms with van der Waals surface area (Å²) in [5.74, 6) is 0.656. The van der Waals surface area contributed by atoms with Gasteiger partial charge in [0.2, 0.25) is 0 Å². The molecule has 0 amide bonds. The van der Waals surface area contributed by atoms with Crippen LogP contribution in [0.4, 0.5) is 0 Å². The van der Waals surface area contributed by atoms with Gasteiger partial charge in [-0.1, -0.05) is 26.8 Å². The number of hydrogen-bond donors (Lipinski definition) is 0. The summed E-state index contributed by atoms with van der Waals surface area (Å²) < 4.78 is 6.70. The Hall–Kier alpha value is -0.380. The van der Waals surface area contributed by atoms with Gasteiger partial charge in [-0.2, -0.15) is 0 Å². The lowest BCUT2D eigenvalue weighted by Gasteiger charge is -2.39. The summed E-state index contributed by atoms with van der Waals surface area (Å²) in [7, 11) is 4.27. The van der Waals surface area contributed by atoms with Crippen LogP contribution in [0, 0.1) is 16.7 Å². The highest BCUT2D eigenvalue weighted by Crippen LogP contribution is 2.73. The molecule has 0 spiro atoms. The standard InChI is InChI=1S/C19H31NOS/c1-17(2)15-9-10-18(17,3)14-19(15,16-8-6-13-22-16)21-12-7-11-20(4)5/h6,8,13,15H,7,9-12,14H2,1-5H3. The van der Waals surface area contributed by atoms with E-state index >= 15 is 0 Å². The van der Waals surface area contributed by atoms with Crippen LogP contribution in [-0.4, -0.2) is 32.1 Å². The number of nitrogens with zero attached hydrogens (tertiary/aromatic N) is 1. The van der Waals surface area contributed by atoms with Crippen LogP contribution in [0.3, 0.4) is 0 Å². The molecule has 22 heavy (non-hydrogen) atoms. The molecule has 2 saturated carbocycles. The van der Waals surface area contributed by atoms with Crippen LogP contribution in [-0.2, 0) is 10.3 Å². The number of hydrogen-bond acceptors (Lipinski definition) is 3. The summed E-state index contributed by atoms with van der Waals surface area (Å²) in [5.41, 5.74) is 0.763. The largest absolute Gasteiger partial charge is 0.369 e. The van der Waals surface area contributed by atoms with Gasteiger partial charge in [-0.25, -0.2) is 0 Å². The molecule has 0 radical (unpaired) electrons. The quantitative estimate of drug-likeness (QED) is 0.701. The highest BCUT2D eigenvalue weighted by atomic mass is 32.1. The van der Waals surface area contributed by atoms with Gasteiger partial charge >= 0.3 is 0 Å². The van der Waals surface area contributed by atoms with Gasteiger partial charge in [-0.05, 0) is 74.5 Å². The Morgan fingerprint density at radius 2 is 2.09 bits per heavy atom. The Balaban J connectivity index is 1.84. The first-order valence-electron chi connectivity index (χ1n) is 8.64. The molecule has 2 nitrogen and oxygen atoms in total. The zero-order valence-electron chi connectivity index (χ0n) is 14.8. The maximum absolute atomic E-state index is 6.70. The topological polar surface area (TPSA) is 12.5 Å². The van der Waals surface area contributed by atoms with E-state index in [0.29, 0.717) is 16.7 Å². The highest BCUT2D eigenvalue weighted by Gasteiger charge is 2.68. The number of fused-ring (bicyclic) bond motifs is 2. The van der Waals surface area contributed by atoms with E-state index in [0.717, 1.165) is 19.6 Å². The summed E-state index contributed by atoms with van der Waals surface area (Å²) in [5, 5.41) is 2.21. The van der Waals surface area contributed by atoms with Crippen LogP contribution in [0.1, 0.15) is 51.3 Å². The summed E-state index contributed by atoms with van der Waals surface area (Å²) in [6.45, 7) is 9.42. The predicted octanol–water partition coefficient (Wildman–Crippen LogP) is 4.76. The molecule has 0 N–H and O–H groups in total. The number of rotatable bonds is 6. The van der Waals surface area contributed by atoms with E-state index in [4.69, 9.17) is 4.74 Å². The van der Waals surface area contributed by atoms with Crippen LogP contribution >= 0.6 is 11.3 Å². The molecule has 1 aromatic rings. The van der Waals surface area contributed by atoms with E-state index in [2.05, 4.69) is 57.3 Å². The maximum atomic E-state index is 6.70. The zero-order valence-corrected chi connectivity index (χ0v) is 15.6. The SMILES string of the molecule is CN(C)CCCOC1(c2cccs2)CC2(C)CCC1C2(C)C. The van der Waals surface area contributed by atoms with E-state index < -0.39 is 0 Å². The molecule has 1 aromatic heterocycles. The minimum atomic E-state index is -0.0308. The normalized spacial score (nSPS) is 36.4. The van der Waals surface area contributed by atoms with Crippen molar-refractivity contribution in [2.24, 2.45) is 16.7 Å². The second kappa shape index (κ2) is 5.61.